The van der Waals surface area contributed by atoms with Crippen LogP contribution in [0.1, 0.15) is 30.9 Å². The Bertz CT molecular complexity index is 950. The standard InChI is InChI=1S/C23H25ClF3NO3/c1-22(30-2)13-17-15(12-20(22)28-5-7-31-8-6-28)11-16(21(17)29)9-14-3-4-19(24)18(10-14)23(25,26)27/h3-4,10,12,16H,5-9,11,13H2,1-2H3. The highest BCUT2D eigenvalue weighted by Crippen LogP contribution is 2.45. The molecule has 0 spiro atoms. The molecule has 1 heterocycles. The number of rotatable bonds is 4. The zero-order chi connectivity index (χ0) is 22.4. The van der Waals surface area contributed by atoms with Gasteiger partial charge in [-0.1, -0.05) is 17.7 Å². The van der Waals surface area contributed by atoms with Crippen LogP contribution >= 0.6 is 11.6 Å². The van der Waals surface area contributed by atoms with Gasteiger partial charge in [0.15, 0.2) is 5.78 Å². The molecule has 4 rings (SSSR count). The number of alkyl halides is 3. The first-order chi connectivity index (χ1) is 14.6. The van der Waals surface area contributed by atoms with Crippen LogP contribution in [0.15, 0.2) is 41.1 Å². The number of methoxy groups -OCH3 is 1. The molecule has 1 saturated heterocycles. The number of hydrogen-bond donors (Lipinski definition) is 0. The van der Waals surface area contributed by atoms with Crippen molar-refractivity contribution < 1.29 is 27.4 Å². The summed E-state index contributed by atoms with van der Waals surface area (Å²) in [6.07, 6.45) is -1.25. The lowest BCUT2D eigenvalue weighted by Crippen LogP contribution is -2.46. The quantitative estimate of drug-likeness (QED) is 0.653. The Morgan fingerprint density at radius 2 is 2.00 bits per heavy atom. The van der Waals surface area contributed by atoms with E-state index in [-0.39, 0.29) is 23.1 Å². The van der Waals surface area contributed by atoms with Crippen molar-refractivity contribution >= 4 is 17.4 Å². The minimum absolute atomic E-state index is 0.000869. The number of hydrogen-bond acceptors (Lipinski definition) is 4. The number of ketones is 1. The first-order valence-corrected chi connectivity index (χ1v) is 10.7. The molecular formula is C23H25ClF3NO3. The number of ether oxygens (including phenoxy) is 2. The van der Waals surface area contributed by atoms with E-state index in [4.69, 9.17) is 21.1 Å². The molecule has 2 unspecified atom stereocenters. The third-order valence-corrected chi connectivity index (χ3v) is 6.84. The monoisotopic (exact) mass is 455 g/mol. The molecule has 31 heavy (non-hydrogen) atoms. The van der Waals surface area contributed by atoms with E-state index >= 15 is 0 Å². The second kappa shape index (κ2) is 8.26. The number of benzene rings is 1. The Hall–Kier alpha value is -1.83. The lowest BCUT2D eigenvalue weighted by molar-refractivity contribution is -0.137. The first kappa shape index (κ1) is 22.4. The van der Waals surface area contributed by atoms with Crippen molar-refractivity contribution in [3.05, 3.63) is 57.3 Å². The highest BCUT2D eigenvalue weighted by molar-refractivity contribution is 6.31. The number of nitrogens with zero attached hydrogens (tertiary/aromatic N) is 1. The molecule has 8 heteroatoms. The van der Waals surface area contributed by atoms with Gasteiger partial charge in [0, 0.05) is 43.8 Å². The van der Waals surface area contributed by atoms with Crippen LogP contribution in [-0.4, -0.2) is 49.7 Å². The molecule has 0 bridgehead atoms. The summed E-state index contributed by atoms with van der Waals surface area (Å²) in [7, 11) is 1.64. The molecule has 0 saturated carbocycles. The van der Waals surface area contributed by atoms with Crippen LogP contribution in [0.3, 0.4) is 0 Å². The molecule has 4 nitrogen and oxygen atoms in total. The van der Waals surface area contributed by atoms with E-state index in [2.05, 4.69) is 11.0 Å². The molecule has 1 aromatic rings. The van der Waals surface area contributed by atoms with E-state index in [1.807, 2.05) is 6.92 Å². The lowest BCUT2D eigenvalue weighted by Gasteiger charge is -2.42. The molecule has 3 aliphatic rings. The summed E-state index contributed by atoms with van der Waals surface area (Å²) in [6, 6.07) is 3.88. The maximum absolute atomic E-state index is 13.2. The van der Waals surface area contributed by atoms with Crippen molar-refractivity contribution in [2.24, 2.45) is 5.92 Å². The SMILES string of the molecule is COC1(C)CC2=C(C=C1N1CCOCC1)CC(Cc1ccc(Cl)c(C(F)(F)F)c1)C2=O. The van der Waals surface area contributed by atoms with Crippen molar-refractivity contribution in [1.82, 2.24) is 4.90 Å². The van der Waals surface area contributed by atoms with Gasteiger partial charge in [-0.05, 0) is 49.1 Å². The van der Waals surface area contributed by atoms with Gasteiger partial charge in [0.05, 0.1) is 23.8 Å². The van der Waals surface area contributed by atoms with Gasteiger partial charge in [-0.3, -0.25) is 4.79 Å². The maximum atomic E-state index is 13.2. The Kier molecular flexibility index (Phi) is 5.96. The van der Waals surface area contributed by atoms with Crippen molar-refractivity contribution in [2.45, 2.75) is 38.0 Å². The average Bonchev–Trinajstić information content (AvgIpc) is 3.03. The summed E-state index contributed by atoms with van der Waals surface area (Å²) in [5.41, 5.74) is 1.71. The van der Waals surface area contributed by atoms with Crippen LogP contribution in [0, 0.1) is 5.92 Å². The van der Waals surface area contributed by atoms with E-state index in [9.17, 15) is 18.0 Å². The molecular weight excluding hydrogens is 431 g/mol. The van der Waals surface area contributed by atoms with Crippen molar-refractivity contribution in [2.75, 3.05) is 33.4 Å². The molecule has 2 aliphatic carbocycles. The number of halogens is 4. The summed E-state index contributed by atoms with van der Waals surface area (Å²) in [5, 5.41) is -0.333. The van der Waals surface area contributed by atoms with Gasteiger partial charge < -0.3 is 14.4 Å². The summed E-state index contributed by atoms with van der Waals surface area (Å²) < 4.78 is 50.9. The molecule has 1 aromatic carbocycles. The number of Topliss-reactive ketones (excluding diaryl/α,β-unsaturated/α-hetero) is 1. The van der Waals surface area contributed by atoms with Crippen LogP contribution in [0.4, 0.5) is 13.2 Å². The van der Waals surface area contributed by atoms with E-state index in [1.165, 1.54) is 6.07 Å². The van der Waals surface area contributed by atoms with Crippen LogP contribution in [0.2, 0.25) is 5.02 Å². The largest absolute Gasteiger partial charge is 0.417 e. The zero-order valence-electron chi connectivity index (χ0n) is 17.5. The molecule has 0 radical (unpaired) electrons. The van der Waals surface area contributed by atoms with Crippen LogP contribution in [0.25, 0.3) is 0 Å². The normalized spacial score (nSPS) is 26.9. The maximum Gasteiger partial charge on any atom is 0.417 e. The Labute approximate surface area is 184 Å². The molecule has 1 aliphatic heterocycles. The predicted molar refractivity (Wildman–Crippen MR) is 111 cm³/mol. The van der Waals surface area contributed by atoms with E-state index < -0.39 is 17.3 Å². The predicted octanol–water partition coefficient (Wildman–Crippen LogP) is 4.81. The van der Waals surface area contributed by atoms with E-state index in [0.717, 1.165) is 36.0 Å². The van der Waals surface area contributed by atoms with Gasteiger partial charge in [-0.2, -0.15) is 13.2 Å². The highest BCUT2D eigenvalue weighted by Gasteiger charge is 2.44. The number of allylic oxidation sites excluding steroid dienone is 2. The highest BCUT2D eigenvalue weighted by atomic mass is 35.5. The smallest absolute Gasteiger partial charge is 0.378 e. The van der Waals surface area contributed by atoms with E-state index in [1.54, 1.807) is 13.2 Å². The molecule has 168 valence electrons. The molecule has 0 aromatic heterocycles. The van der Waals surface area contributed by atoms with Gasteiger partial charge in [-0.15, -0.1) is 0 Å². The van der Waals surface area contributed by atoms with Gasteiger partial charge in [0.25, 0.3) is 0 Å². The van der Waals surface area contributed by atoms with Crippen LogP contribution in [0.5, 0.6) is 0 Å². The average molecular weight is 456 g/mol. The van der Waals surface area contributed by atoms with Crippen molar-refractivity contribution in [3.63, 3.8) is 0 Å². The molecule has 1 fully saturated rings. The minimum atomic E-state index is -4.53. The summed E-state index contributed by atoms with van der Waals surface area (Å²) in [5.74, 6) is -0.382. The van der Waals surface area contributed by atoms with Gasteiger partial charge in [0.1, 0.15) is 5.60 Å². The molecule has 0 amide bonds. The van der Waals surface area contributed by atoms with Crippen LogP contribution in [-0.2, 0) is 26.9 Å². The summed E-state index contributed by atoms with van der Waals surface area (Å²) in [6.45, 7) is 4.78. The van der Waals surface area contributed by atoms with E-state index in [0.29, 0.717) is 31.6 Å². The van der Waals surface area contributed by atoms with Gasteiger partial charge in [0.2, 0.25) is 0 Å². The fourth-order valence-corrected chi connectivity index (χ4v) is 4.98. The zero-order valence-corrected chi connectivity index (χ0v) is 18.3. The van der Waals surface area contributed by atoms with Crippen molar-refractivity contribution in [3.8, 4) is 0 Å². The Morgan fingerprint density at radius 1 is 1.29 bits per heavy atom. The Morgan fingerprint density at radius 3 is 2.65 bits per heavy atom. The number of carbonyl (C=O) groups is 1. The summed E-state index contributed by atoms with van der Waals surface area (Å²) >= 11 is 5.73. The second-order valence-corrected chi connectivity index (χ2v) is 8.93. The number of carbonyl (C=O) groups excluding carboxylic acids is 1. The fraction of sp³-hybridized carbons (Fsp3) is 0.522. The van der Waals surface area contributed by atoms with Gasteiger partial charge in [-0.25, -0.2) is 0 Å². The lowest BCUT2D eigenvalue weighted by atomic mass is 9.84. The van der Waals surface area contributed by atoms with Crippen molar-refractivity contribution in [1.29, 1.82) is 0 Å². The molecule has 0 N–H and O–H groups in total. The topological polar surface area (TPSA) is 38.8 Å². The third kappa shape index (κ3) is 4.28. The Balaban J connectivity index is 1.57. The second-order valence-electron chi connectivity index (χ2n) is 8.53. The summed E-state index contributed by atoms with van der Waals surface area (Å²) in [4.78, 5) is 15.4. The molecule has 2 atom stereocenters. The first-order valence-electron chi connectivity index (χ1n) is 10.3. The van der Waals surface area contributed by atoms with Crippen LogP contribution < -0.4 is 0 Å². The number of morpholine rings is 1. The van der Waals surface area contributed by atoms with Gasteiger partial charge >= 0.3 is 6.18 Å². The minimum Gasteiger partial charge on any atom is -0.378 e. The fourth-order valence-electron chi connectivity index (χ4n) is 4.75. The third-order valence-electron chi connectivity index (χ3n) is 6.51.